The SMILES string of the molecule is CCCc1cc(OC)c(CC(C)NCc2ccccc2OC)cc1O. The average molecular weight is 343 g/mol. The lowest BCUT2D eigenvalue weighted by molar-refractivity contribution is 0.398. The van der Waals surface area contributed by atoms with Crippen LogP contribution in [0, 0.1) is 0 Å². The third kappa shape index (κ3) is 5.13. The van der Waals surface area contributed by atoms with Crippen LogP contribution in [0.15, 0.2) is 36.4 Å². The van der Waals surface area contributed by atoms with Gasteiger partial charge in [0.2, 0.25) is 0 Å². The van der Waals surface area contributed by atoms with Crippen LogP contribution in [0.25, 0.3) is 0 Å². The first-order chi connectivity index (χ1) is 12.1. The molecule has 2 aromatic carbocycles. The average Bonchev–Trinajstić information content (AvgIpc) is 2.62. The Hall–Kier alpha value is -2.20. The van der Waals surface area contributed by atoms with Crippen molar-refractivity contribution in [3.05, 3.63) is 53.1 Å². The van der Waals surface area contributed by atoms with E-state index in [0.29, 0.717) is 5.75 Å². The number of para-hydroxylation sites is 1. The zero-order valence-electron chi connectivity index (χ0n) is 15.6. The summed E-state index contributed by atoms with van der Waals surface area (Å²) < 4.78 is 10.9. The van der Waals surface area contributed by atoms with Gasteiger partial charge in [-0.2, -0.15) is 0 Å². The van der Waals surface area contributed by atoms with E-state index in [4.69, 9.17) is 9.47 Å². The maximum Gasteiger partial charge on any atom is 0.123 e. The molecular formula is C21H29NO3. The fraction of sp³-hybridized carbons (Fsp3) is 0.429. The lowest BCUT2D eigenvalue weighted by Crippen LogP contribution is -2.28. The van der Waals surface area contributed by atoms with Crippen LogP contribution in [0.4, 0.5) is 0 Å². The molecular weight excluding hydrogens is 314 g/mol. The van der Waals surface area contributed by atoms with Gasteiger partial charge in [0.25, 0.3) is 0 Å². The van der Waals surface area contributed by atoms with E-state index in [1.165, 1.54) is 0 Å². The van der Waals surface area contributed by atoms with E-state index < -0.39 is 0 Å². The molecule has 4 heteroatoms. The van der Waals surface area contributed by atoms with Crippen molar-refractivity contribution in [3.63, 3.8) is 0 Å². The second-order valence-electron chi connectivity index (χ2n) is 6.34. The highest BCUT2D eigenvalue weighted by atomic mass is 16.5. The van der Waals surface area contributed by atoms with E-state index in [1.807, 2.05) is 30.3 Å². The summed E-state index contributed by atoms with van der Waals surface area (Å²) in [6.45, 7) is 4.96. The number of aryl methyl sites for hydroxylation is 1. The van der Waals surface area contributed by atoms with Crippen LogP contribution in [-0.4, -0.2) is 25.4 Å². The summed E-state index contributed by atoms with van der Waals surface area (Å²) in [5, 5.41) is 13.8. The Labute approximate surface area is 150 Å². The number of nitrogens with one attached hydrogen (secondary N) is 1. The van der Waals surface area contributed by atoms with Crippen molar-refractivity contribution in [1.82, 2.24) is 5.32 Å². The number of hydrogen-bond acceptors (Lipinski definition) is 4. The standard InChI is InChI=1S/C21H29NO3/c1-5-8-16-13-21(25-4)18(12-19(16)23)11-15(2)22-14-17-9-6-7-10-20(17)24-3/h6-7,9-10,12-13,15,22-23H,5,8,11,14H2,1-4H3. The summed E-state index contributed by atoms with van der Waals surface area (Å²) in [6.07, 6.45) is 2.62. The topological polar surface area (TPSA) is 50.7 Å². The monoisotopic (exact) mass is 343 g/mol. The molecule has 136 valence electrons. The number of phenols is 1. The fourth-order valence-electron chi connectivity index (χ4n) is 3.01. The van der Waals surface area contributed by atoms with Crippen LogP contribution in [0.3, 0.4) is 0 Å². The van der Waals surface area contributed by atoms with Gasteiger partial charge in [-0.05, 0) is 49.1 Å². The Balaban J connectivity index is 2.04. The van der Waals surface area contributed by atoms with Crippen LogP contribution in [0.5, 0.6) is 17.2 Å². The molecule has 2 N–H and O–H groups in total. The Morgan fingerprint density at radius 3 is 2.40 bits per heavy atom. The summed E-state index contributed by atoms with van der Waals surface area (Å²) in [5.41, 5.74) is 3.09. The Kier molecular flexibility index (Phi) is 7.14. The largest absolute Gasteiger partial charge is 0.508 e. The van der Waals surface area contributed by atoms with Gasteiger partial charge >= 0.3 is 0 Å². The normalized spacial score (nSPS) is 12.0. The zero-order valence-corrected chi connectivity index (χ0v) is 15.6. The van der Waals surface area contributed by atoms with Crippen molar-refractivity contribution in [1.29, 1.82) is 0 Å². The molecule has 2 rings (SSSR count). The van der Waals surface area contributed by atoms with Gasteiger partial charge < -0.3 is 19.9 Å². The highest BCUT2D eigenvalue weighted by molar-refractivity contribution is 5.46. The molecule has 0 bridgehead atoms. The minimum Gasteiger partial charge on any atom is -0.508 e. The van der Waals surface area contributed by atoms with Gasteiger partial charge in [0, 0.05) is 18.2 Å². The molecule has 0 aliphatic heterocycles. The number of methoxy groups -OCH3 is 2. The Morgan fingerprint density at radius 2 is 1.72 bits per heavy atom. The van der Waals surface area contributed by atoms with Crippen LogP contribution < -0.4 is 14.8 Å². The number of hydrogen-bond donors (Lipinski definition) is 2. The van der Waals surface area contributed by atoms with E-state index >= 15 is 0 Å². The summed E-state index contributed by atoms with van der Waals surface area (Å²) in [5.74, 6) is 2.09. The van der Waals surface area contributed by atoms with Crippen molar-refractivity contribution in [3.8, 4) is 17.2 Å². The minimum atomic E-state index is 0.232. The highest BCUT2D eigenvalue weighted by Gasteiger charge is 2.13. The Morgan fingerprint density at radius 1 is 1.00 bits per heavy atom. The van der Waals surface area contributed by atoms with Crippen LogP contribution in [0.1, 0.15) is 37.0 Å². The van der Waals surface area contributed by atoms with E-state index in [1.54, 1.807) is 14.2 Å². The van der Waals surface area contributed by atoms with Gasteiger partial charge in [0.05, 0.1) is 14.2 Å². The zero-order chi connectivity index (χ0) is 18.2. The predicted molar refractivity (Wildman–Crippen MR) is 102 cm³/mol. The van der Waals surface area contributed by atoms with Gasteiger partial charge in [-0.15, -0.1) is 0 Å². The lowest BCUT2D eigenvalue weighted by atomic mass is 10.0. The van der Waals surface area contributed by atoms with Crippen molar-refractivity contribution in [2.24, 2.45) is 0 Å². The smallest absolute Gasteiger partial charge is 0.123 e. The number of benzene rings is 2. The summed E-state index contributed by atoms with van der Waals surface area (Å²) in [6, 6.07) is 12.0. The highest BCUT2D eigenvalue weighted by Crippen LogP contribution is 2.30. The maximum atomic E-state index is 10.2. The number of ether oxygens (including phenoxy) is 2. The maximum absolute atomic E-state index is 10.2. The third-order valence-corrected chi connectivity index (χ3v) is 4.36. The van der Waals surface area contributed by atoms with E-state index in [2.05, 4.69) is 25.2 Å². The summed E-state index contributed by atoms with van der Waals surface area (Å²) in [4.78, 5) is 0. The molecule has 0 aromatic heterocycles. The quantitative estimate of drug-likeness (QED) is 0.720. The van der Waals surface area contributed by atoms with Crippen LogP contribution in [-0.2, 0) is 19.4 Å². The van der Waals surface area contributed by atoms with Crippen LogP contribution in [0.2, 0.25) is 0 Å². The van der Waals surface area contributed by atoms with E-state index in [9.17, 15) is 5.11 Å². The van der Waals surface area contributed by atoms with Gasteiger partial charge in [0.15, 0.2) is 0 Å². The van der Waals surface area contributed by atoms with E-state index in [0.717, 1.165) is 54.0 Å². The van der Waals surface area contributed by atoms with Gasteiger partial charge in [-0.1, -0.05) is 31.5 Å². The van der Waals surface area contributed by atoms with Crippen molar-refractivity contribution in [2.45, 2.75) is 45.7 Å². The second kappa shape index (κ2) is 9.33. The fourth-order valence-corrected chi connectivity index (χ4v) is 3.01. The molecule has 0 amide bonds. The number of rotatable bonds is 9. The molecule has 25 heavy (non-hydrogen) atoms. The molecule has 0 radical (unpaired) electrons. The van der Waals surface area contributed by atoms with E-state index in [-0.39, 0.29) is 6.04 Å². The second-order valence-corrected chi connectivity index (χ2v) is 6.34. The first-order valence-electron chi connectivity index (χ1n) is 8.83. The Bertz CT molecular complexity index is 685. The molecule has 0 heterocycles. The number of phenolic OH excluding ortho intramolecular Hbond substituents is 1. The minimum absolute atomic E-state index is 0.232. The molecule has 0 fully saturated rings. The van der Waals surface area contributed by atoms with Gasteiger partial charge in [0.1, 0.15) is 17.2 Å². The number of aromatic hydroxyl groups is 1. The molecule has 0 saturated carbocycles. The first kappa shape index (κ1) is 19.1. The van der Waals surface area contributed by atoms with Crippen LogP contribution >= 0.6 is 0 Å². The van der Waals surface area contributed by atoms with Gasteiger partial charge in [-0.25, -0.2) is 0 Å². The van der Waals surface area contributed by atoms with Crippen molar-refractivity contribution < 1.29 is 14.6 Å². The molecule has 4 nitrogen and oxygen atoms in total. The molecule has 0 saturated heterocycles. The molecule has 1 unspecified atom stereocenters. The van der Waals surface area contributed by atoms with Crippen molar-refractivity contribution in [2.75, 3.05) is 14.2 Å². The predicted octanol–water partition coefficient (Wildman–Crippen LogP) is 4.08. The lowest BCUT2D eigenvalue weighted by Gasteiger charge is -2.18. The molecule has 0 aliphatic carbocycles. The molecule has 0 spiro atoms. The molecule has 2 aromatic rings. The van der Waals surface area contributed by atoms with Gasteiger partial charge in [-0.3, -0.25) is 0 Å². The first-order valence-corrected chi connectivity index (χ1v) is 8.83. The summed E-state index contributed by atoms with van der Waals surface area (Å²) >= 11 is 0. The van der Waals surface area contributed by atoms with Crippen molar-refractivity contribution >= 4 is 0 Å². The molecule has 1 atom stereocenters. The molecule has 0 aliphatic rings. The third-order valence-electron chi connectivity index (χ3n) is 4.36. The summed E-state index contributed by atoms with van der Waals surface area (Å²) in [7, 11) is 3.37.